The van der Waals surface area contributed by atoms with Gasteiger partial charge in [0.05, 0.1) is 24.9 Å². The maximum absolute atomic E-state index is 14.6. The number of carbonyl (C=O) groups excluding carboxylic acids is 2. The van der Waals surface area contributed by atoms with Crippen LogP contribution in [0.1, 0.15) is 31.9 Å². The number of esters is 1. The highest BCUT2D eigenvalue weighted by Crippen LogP contribution is 2.39. The first-order valence-corrected chi connectivity index (χ1v) is 8.88. The third-order valence-corrected chi connectivity index (χ3v) is 4.17. The van der Waals surface area contributed by atoms with Crippen LogP contribution in [0.15, 0.2) is 48.5 Å². The number of para-hydroxylation sites is 1. The Morgan fingerprint density at radius 3 is 2.57 bits per heavy atom. The molecule has 1 heterocycles. The number of hydrogen-bond donors (Lipinski definition) is 0. The molecule has 0 spiro atoms. The highest BCUT2D eigenvalue weighted by atomic mass is 19.1. The highest BCUT2D eigenvalue weighted by Gasteiger charge is 2.35. The summed E-state index contributed by atoms with van der Waals surface area (Å²) in [5, 5.41) is 0. The van der Waals surface area contributed by atoms with E-state index in [1.807, 2.05) is 6.07 Å². The van der Waals surface area contributed by atoms with E-state index in [2.05, 4.69) is 0 Å². The standard InChI is InChI=1S/C22H22FNO4/c1-22(2,3)28-19(25)12-17-16-9-6-10-18(23)20(16)24(21(17)26)13-14-7-5-8-15(11-14)27-4/h5-12H,13H2,1-4H3/b17-12+. The van der Waals surface area contributed by atoms with E-state index in [-0.39, 0.29) is 17.8 Å². The van der Waals surface area contributed by atoms with E-state index in [9.17, 15) is 14.0 Å². The summed E-state index contributed by atoms with van der Waals surface area (Å²) >= 11 is 0. The summed E-state index contributed by atoms with van der Waals surface area (Å²) in [4.78, 5) is 26.6. The molecule has 0 saturated carbocycles. The van der Waals surface area contributed by atoms with E-state index >= 15 is 0 Å². The first-order chi connectivity index (χ1) is 13.2. The molecule has 0 fully saturated rings. The smallest absolute Gasteiger partial charge is 0.332 e. The topological polar surface area (TPSA) is 55.8 Å². The molecule has 0 aromatic heterocycles. The lowest BCUT2D eigenvalue weighted by molar-refractivity contribution is -0.148. The van der Waals surface area contributed by atoms with Crippen LogP contribution in [0.25, 0.3) is 5.57 Å². The number of halogens is 1. The van der Waals surface area contributed by atoms with Gasteiger partial charge >= 0.3 is 5.97 Å². The predicted molar refractivity (Wildman–Crippen MR) is 104 cm³/mol. The van der Waals surface area contributed by atoms with Crippen LogP contribution in [0.4, 0.5) is 10.1 Å². The van der Waals surface area contributed by atoms with Crippen LogP contribution in [-0.4, -0.2) is 24.6 Å². The van der Waals surface area contributed by atoms with E-state index in [0.29, 0.717) is 11.3 Å². The Bertz CT molecular complexity index is 959. The summed E-state index contributed by atoms with van der Waals surface area (Å²) in [6, 6.07) is 11.6. The lowest BCUT2D eigenvalue weighted by Crippen LogP contribution is -2.27. The zero-order chi connectivity index (χ0) is 20.5. The number of nitrogens with zero attached hydrogens (tertiary/aromatic N) is 1. The predicted octanol–water partition coefficient (Wildman–Crippen LogP) is 4.11. The number of methoxy groups -OCH3 is 1. The van der Waals surface area contributed by atoms with Gasteiger partial charge in [-0.2, -0.15) is 0 Å². The number of amides is 1. The number of fused-ring (bicyclic) bond motifs is 1. The third-order valence-electron chi connectivity index (χ3n) is 4.17. The molecule has 0 N–H and O–H groups in total. The minimum Gasteiger partial charge on any atom is -0.497 e. The van der Waals surface area contributed by atoms with Gasteiger partial charge in [-0.25, -0.2) is 9.18 Å². The molecule has 0 unspecified atom stereocenters. The van der Waals surface area contributed by atoms with Gasteiger partial charge in [-0.3, -0.25) is 4.79 Å². The van der Waals surface area contributed by atoms with Crippen molar-refractivity contribution in [2.75, 3.05) is 12.0 Å². The maximum atomic E-state index is 14.6. The molecule has 1 aliphatic heterocycles. The summed E-state index contributed by atoms with van der Waals surface area (Å²) in [5.74, 6) is -0.980. The van der Waals surface area contributed by atoms with Gasteiger partial charge in [0.1, 0.15) is 17.2 Å². The highest BCUT2D eigenvalue weighted by molar-refractivity contribution is 6.34. The second-order valence-corrected chi connectivity index (χ2v) is 7.47. The molecule has 2 aromatic rings. The van der Waals surface area contributed by atoms with Crippen LogP contribution in [0.5, 0.6) is 5.75 Å². The fourth-order valence-electron chi connectivity index (χ4n) is 3.06. The maximum Gasteiger partial charge on any atom is 0.332 e. The van der Waals surface area contributed by atoms with Gasteiger partial charge in [-0.1, -0.05) is 24.3 Å². The number of carbonyl (C=O) groups is 2. The molecule has 1 aliphatic rings. The Morgan fingerprint density at radius 1 is 1.18 bits per heavy atom. The van der Waals surface area contributed by atoms with E-state index in [4.69, 9.17) is 9.47 Å². The molecular weight excluding hydrogens is 361 g/mol. The van der Waals surface area contributed by atoms with Gasteiger partial charge in [-0.05, 0) is 44.5 Å². The molecule has 1 amide bonds. The molecule has 6 heteroatoms. The summed E-state index contributed by atoms with van der Waals surface area (Å²) in [5.41, 5.74) is 0.733. The van der Waals surface area contributed by atoms with Crippen molar-refractivity contribution in [2.24, 2.45) is 0 Å². The zero-order valence-electron chi connectivity index (χ0n) is 16.3. The quantitative estimate of drug-likeness (QED) is 0.589. The third kappa shape index (κ3) is 4.06. The second kappa shape index (κ2) is 7.46. The molecule has 0 atom stereocenters. The van der Waals surface area contributed by atoms with Crippen LogP contribution in [0.2, 0.25) is 0 Å². The average molecular weight is 383 g/mol. The van der Waals surface area contributed by atoms with Gasteiger partial charge < -0.3 is 14.4 Å². The Hall–Kier alpha value is -3.15. The fraction of sp³-hybridized carbons (Fsp3) is 0.273. The molecule has 5 nitrogen and oxygen atoms in total. The summed E-state index contributed by atoms with van der Waals surface area (Å²) in [6.45, 7) is 5.36. The van der Waals surface area contributed by atoms with Gasteiger partial charge in [0.2, 0.25) is 0 Å². The van der Waals surface area contributed by atoms with Gasteiger partial charge in [-0.15, -0.1) is 0 Å². The number of ether oxygens (including phenoxy) is 2. The summed E-state index contributed by atoms with van der Waals surface area (Å²) in [7, 11) is 1.55. The number of rotatable bonds is 4. The van der Waals surface area contributed by atoms with Gasteiger partial charge in [0, 0.05) is 11.6 Å². The van der Waals surface area contributed by atoms with Gasteiger partial charge in [0.15, 0.2) is 0 Å². The molecule has 0 saturated heterocycles. The fourth-order valence-corrected chi connectivity index (χ4v) is 3.06. The number of benzene rings is 2. The second-order valence-electron chi connectivity index (χ2n) is 7.47. The molecule has 0 bridgehead atoms. The van der Waals surface area contributed by atoms with E-state index in [1.54, 1.807) is 52.1 Å². The monoisotopic (exact) mass is 383 g/mol. The van der Waals surface area contributed by atoms with E-state index in [1.165, 1.54) is 17.0 Å². The summed E-state index contributed by atoms with van der Waals surface area (Å²) in [6.07, 6.45) is 1.14. The summed E-state index contributed by atoms with van der Waals surface area (Å²) < 4.78 is 25.1. The number of hydrogen-bond acceptors (Lipinski definition) is 4. The van der Waals surface area contributed by atoms with Crippen LogP contribution >= 0.6 is 0 Å². The zero-order valence-corrected chi connectivity index (χ0v) is 16.3. The van der Waals surface area contributed by atoms with Crippen molar-refractivity contribution < 1.29 is 23.5 Å². The van der Waals surface area contributed by atoms with Crippen LogP contribution < -0.4 is 9.64 Å². The minimum absolute atomic E-state index is 0.117. The lowest BCUT2D eigenvalue weighted by Gasteiger charge is -2.19. The van der Waals surface area contributed by atoms with Crippen LogP contribution in [0.3, 0.4) is 0 Å². The normalized spacial score (nSPS) is 15.0. The first-order valence-electron chi connectivity index (χ1n) is 8.88. The molecule has 28 heavy (non-hydrogen) atoms. The van der Waals surface area contributed by atoms with Crippen LogP contribution in [0, 0.1) is 5.82 Å². The molecular formula is C22H22FNO4. The lowest BCUT2D eigenvalue weighted by atomic mass is 10.1. The Labute approximate surface area is 163 Å². The van der Waals surface area contributed by atoms with Crippen molar-refractivity contribution in [3.05, 3.63) is 65.5 Å². The van der Waals surface area contributed by atoms with Crippen molar-refractivity contribution in [1.82, 2.24) is 0 Å². The molecule has 0 aliphatic carbocycles. The van der Waals surface area contributed by atoms with Crippen molar-refractivity contribution in [3.63, 3.8) is 0 Å². The molecule has 2 aromatic carbocycles. The first kappa shape index (κ1) is 19.6. The number of anilines is 1. The molecule has 146 valence electrons. The average Bonchev–Trinajstić information content (AvgIpc) is 2.87. The Kier molecular flexibility index (Phi) is 5.23. The van der Waals surface area contributed by atoms with Crippen molar-refractivity contribution in [2.45, 2.75) is 32.9 Å². The van der Waals surface area contributed by atoms with Crippen LogP contribution in [-0.2, 0) is 20.9 Å². The van der Waals surface area contributed by atoms with E-state index in [0.717, 1.165) is 11.6 Å². The van der Waals surface area contributed by atoms with Crippen molar-refractivity contribution in [3.8, 4) is 5.75 Å². The largest absolute Gasteiger partial charge is 0.497 e. The van der Waals surface area contributed by atoms with Crippen molar-refractivity contribution in [1.29, 1.82) is 0 Å². The molecule has 0 radical (unpaired) electrons. The Balaban J connectivity index is 1.99. The SMILES string of the molecule is COc1cccc(CN2C(=O)/C(=C/C(=O)OC(C)(C)C)c3cccc(F)c32)c1. The van der Waals surface area contributed by atoms with Crippen molar-refractivity contribution >= 4 is 23.1 Å². The molecule has 3 rings (SSSR count). The Morgan fingerprint density at radius 2 is 1.89 bits per heavy atom. The minimum atomic E-state index is -0.694. The van der Waals surface area contributed by atoms with E-state index < -0.39 is 23.3 Å². The van der Waals surface area contributed by atoms with Gasteiger partial charge in [0.25, 0.3) is 5.91 Å².